The van der Waals surface area contributed by atoms with E-state index in [9.17, 15) is 0 Å². The summed E-state index contributed by atoms with van der Waals surface area (Å²) in [5.74, 6) is 0. The number of nitrogens with one attached hydrogen (secondary N) is 1. The van der Waals surface area contributed by atoms with Crippen LogP contribution < -0.4 is 5.32 Å². The second kappa shape index (κ2) is 7.96. The Morgan fingerprint density at radius 2 is 2.00 bits per heavy atom. The van der Waals surface area contributed by atoms with Crippen LogP contribution >= 0.6 is 34.7 Å². The van der Waals surface area contributed by atoms with Gasteiger partial charge < -0.3 is 5.32 Å². The lowest BCUT2D eigenvalue weighted by atomic mass is 10.1. The molecule has 0 aliphatic carbocycles. The van der Waals surface area contributed by atoms with Gasteiger partial charge in [0.25, 0.3) is 0 Å². The molecule has 124 valence electrons. The van der Waals surface area contributed by atoms with Crippen LogP contribution in [-0.2, 0) is 0 Å². The smallest absolute Gasteiger partial charge is 0.188 e. The predicted molar refractivity (Wildman–Crippen MR) is 104 cm³/mol. The van der Waals surface area contributed by atoms with Gasteiger partial charge in [-0.05, 0) is 24.8 Å². The second-order valence-corrected chi connectivity index (χ2v) is 7.27. The minimum atomic E-state index is 0.684. The lowest BCUT2D eigenvalue weighted by molar-refractivity contribution is 0.976. The molecule has 0 aliphatic heterocycles. The summed E-state index contributed by atoms with van der Waals surface area (Å²) in [7, 11) is 0. The van der Waals surface area contributed by atoms with E-state index in [4.69, 9.17) is 11.6 Å². The van der Waals surface area contributed by atoms with Gasteiger partial charge in [0, 0.05) is 23.3 Å². The van der Waals surface area contributed by atoms with Crippen molar-refractivity contribution in [3.63, 3.8) is 0 Å². The number of thioether (sulfide) groups is 1. The van der Waals surface area contributed by atoms with Crippen LogP contribution in [0.5, 0.6) is 0 Å². The molecule has 0 aliphatic rings. The van der Waals surface area contributed by atoms with Crippen molar-refractivity contribution in [2.24, 2.45) is 0 Å². The Balaban J connectivity index is 2.01. The molecule has 0 atom stereocenters. The molecule has 2 heterocycles. The second-order valence-electron chi connectivity index (χ2n) is 5.06. The van der Waals surface area contributed by atoms with Crippen LogP contribution in [0.15, 0.2) is 41.7 Å². The summed E-state index contributed by atoms with van der Waals surface area (Å²) in [4.78, 5) is 14.7. The number of anilines is 1. The molecule has 0 fully saturated rings. The summed E-state index contributed by atoms with van der Waals surface area (Å²) in [6, 6.07) is 9.69. The van der Waals surface area contributed by atoms with Crippen molar-refractivity contribution in [1.82, 2.24) is 15.0 Å². The van der Waals surface area contributed by atoms with Crippen LogP contribution in [0.2, 0.25) is 5.02 Å². The molecule has 0 saturated heterocycles. The van der Waals surface area contributed by atoms with E-state index >= 15 is 0 Å². The molecule has 4 nitrogen and oxygen atoms in total. The first-order valence-electron chi connectivity index (χ1n) is 7.59. The highest BCUT2D eigenvalue weighted by Crippen LogP contribution is 2.33. The van der Waals surface area contributed by atoms with Crippen molar-refractivity contribution in [2.75, 3.05) is 18.1 Å². The zero-order chi connectivity index (χ0) is 16.9. The zero-order valence-electron chi connectivity index (χ0n) is 13.4. The van der Waals surface area contributed by atoms with Gasteiger partial charge >= 0.3 is 0 Å². The van der Waals surface area contributed by atoms with E-state index in [0.717, 1.165) is 45.1 Å². The highest BCUT2D eigenvalue weighted by atomic mass is 35.5. The fraction of sp³-hybridized carbons (Fsp3) is 0.235. The van der Waals surface area contributed by atoms with E-state index in [-0.39, 0.29) is 0 Å². The van der Waals surface area contributed by atoms with Crippen molar-refractivity contribution >= 4 is 39.8 Å². The highest BCUT2D eigenvalue weighted by molar-refractivity contribution is 7.98. The van der Waals surface area contributed by atoms with E-state index in [1.807, 2.05) is 42.8 Å². The molecule has 3 rings (SSSR count). The first-order valence-corrected chi connectivity index (χ1v) is 10.0. The molecule has 0 bridgehead atoms. The van der Waals surface area contributed by atoms with E-state index in [1.165, 1.54) is 11.8 Å². The number of hydrogen-bond acceptors (Lipinski definition) is 6. The monoisotopic (exact) mass is 376 g/mol. The first-order chi connectivity index (χ1) is 11.7. The van der Waals surface area contributed by atoms with Crippen LogP contribution in [0.1, 0.15) is 13.3 Å². The maximum Gasteiger partial charge on any atom is 0.188 e. The number of halogens is 1. The molecule has 3 aromatic rings. The molecule has 0 amide bonds. The predicted octanol–water partition coefficient (Wildman–Crippen LogP) is 5.46. The summed E-state index contributed by atoms with van der Waals surface area (Å²) in [6.45, 7) is 3.05. The number of hydrogen-bond donors (Lipinski definition) is 1. The summed E-state index contributed by atoms with van der Waals surface area (Å²) in [6.07, 6.45) is 4.89. The van der Waals surface area contributed by atoms with Crippen LogP contribution in [0.25, 0.3) is 21.8 Å². The SMILES string of the molecule is CCCNc1ncc(-c2cc(-c3ccccc3Cl)nc(SC)n2)s1. The number of aromatic nitrogens is 3. The third kappa shape index (κ3) is 3.88. The average molecular weight is 377 g/mol. The van der Waals surface area contributed by atoms with Gasteiger partial charge in [0.05, 0.1) is 16.3 Å². The standard InChI is InChI=1S/C17H17ClN4S2/c1-3-8-19-16-20-10-15(24-16)14-9-13(21-17(22-14)23-2)11-6-4-5-7-12(11)18/h4-7,9-10H,3,8H2,1-2H3,(H,19,20). The first kappa shape index (κ1) is 17.2. The molecular formula is C17H17ClN4S2. The van der Waals surface area contributed by atoms with Crippen LogP contribution in [0, 0.1) is 0 Å². The quantitative estimate of drug-likeness (QED) is 0.457. The van der Waals surface area contributed by atoms with Crippen molar-refractivity contribution in [3.8, 4) is 21.8 Å². The van der Waals surface area contributed by atoms with Gasteiger partial charge in [-0.3, -0.25) is 0 Å². The molecule has 2 aromatic heterocycles. The Bertz CT molecular complexity index is 835. The van der Waals surface area contributed by atoms with Crippen molar-refractivity contribution in [1.29, 1.82) is 0 Å². The third-order valence-corrected chi connectivity index (χ3v) is 5.18. The highest BCUT2D eigenvalue weighted by Gasteiger charge is 2.12. The summed E-state index contributed by atoms with van der Waals surface area (Å²) in [5, 5.41) is 5.62. The minimum Gasteiger partial charge on any atom is -0.362 e. The molecule has 0 unspecified atom stereocenters. The maximum absolute atomic E-state index is 6.33. The third-order valence-electron chi connectivity index (χ3n) is 3.32. The Hall–Kier alpha value is -1.63. The Kier molecular flexibility index (Phi) is 5.71. The van der Waals surface area contributed by atoms with Gasteiger partial charge in [-0.1, -0.05) is 59.8 Å². The van der Waals surface area contributed by atoms with Gasteiger partial charge in [0.1, 0.15) is 0 Å². The molecule has 7 heteroatoms. The zero-order valence-corrected chi connectivity index (χ0v) is 15.8. The summed E-state index contributed by atoms with van der Waals surface area (Å²) < 4.78 is 0. The topological polar surface area (TPSA) is 50.7 Å². The normalized spacial score (nSPS) is 10.8. The average Bonchev–Trinajstić information content (AvgIpc) is 3.09. The van der Waals surface area contributed by atoms with Crippen molar-refractivity contribution < 1.29 is 0 Å². The molecule has 0 radical (unpaired) electrons. The minimum absolute atomic E-state index is 0.684. The molecular weight excluding hydrogens is 360 g/mol. The Morgan fingerprint density at radius 3 is 2.75 bits per heavy atom. The number of thiazole rings is 1. The van der Waals surface area contributed by atoms with Gasteiger partial charge in [-0.25, -0.2) is 15.0 Å². The van der Waals surface area contributed by atoms with E-state index < -0.39 is 0 Å². The van der Waals surface area contributed by atoms with Crippen molar-refractivity contribution in [3.05, 3.63) is 41.6 Å². The molecule has 1 aromatic carbocycles. The summed E-state index contributed by atoms with van der Waals surface area (Å²) in [5.41, 5.74) is 2.60. The summed E-state index contributed by atoms with van der Waals surface area (Å²) >= 11 is 9.44. The molecule has 0 saturated carbocycles. The van der Waals surface area contributed by atoms with Gasteiger partial charge in [0.15, 0.2) is 10.3 Å². The van der Waals surface area contributed by atoms with E-state index in [1.54, 1.807) is 11.3 Å². The van der Waals surface area contributed by atoms with E-state index in [2.05, 4.69) is 27.2 Å². The lowest BCUT2D eigenvalue weighted by Crippen LogP contribution is -1.97. The Morgan fingerprint density at radius 1 is 1.21 bits per heavy atom. The van der Waals surface area contributed by atoms with Crippen LogP contribution in [0.3, 0.4) is 0 Å². The van der Waals surface area contributed by atoms with E-state index in [0.29, 0.717) is 5.02 Å². The fourth-order valence-corrected chi connectivity index (χ4v) is 3.57. The lowest BCUT2D eigenvalue weighted by Gasteiger charge is -2.07. The largest absolute Gasteiger partial charge is 0.362 e. The van der Waals surface area contributed by atoms with Crippen LogP contribution in [0.4, 0.5) is 5.13 Å². The molecule has 1 N–H and O–H groups in total. The number of rotatable bonds is 6. The van der Waals surface area contributed by atoms with Gasteiger partial charge in [0.2, 0.25) is 0 Å². The number of benzene rings is 1. The van der Waals surface area contributed by atoms with Crippen LogP contribution in [-0.4, -0.2) is 27.8 Å². The van der Waals surface area contributed by atoms with Gasteiger partial charge in [-0.15, -0.1) is 0 Å². The van der Waals surface area contributed by atoms with Crippen molar-refractivity contribution in [2.45, 2.75) is 18.5 Å². The number of nitrogens with zero attached hydrogens (tertiary/aromatic N) is 3. The van der Waals surface area contributed by atoms with Gasteiger partial charge in [-0.2, -0.15) is 0 Å². The maximum atomic E-state index is 6.33. The molecule has 24 heavy (non-hydrogen) atoms. The Labute approximate surface area is 154 Å². The molecule has 0 spiro atoms. The fourth-order valence-electron chi connectivity index (χ4n) is 2.16.